The van der Waals surface area contributed by atoms with Gasteiger partial charge in [-0.1, -0.05) is 41.9 Å². The van der Waals surface area contributed by atoms with E-state index in [1.165, 1.54) is 4.90 Å². The van der Waals surface area contributed by atoms with E-state index < -0.39 is 24.5 Å². The molecule has 0 atom stereocenters. The molecule has 0 radical (unpaired) electrons. The van der Waals surface area contributed by atoms with Gasteiger partial charge in [-0.25, -0.2) is 14.8 Å². The summed E-state index contributed by atoms with van der Waals surface area (Å²) in [5, 5.41) is 2.82. The lowest BCUT2D eigenvalue weighted by molar-refractivity contribution is -0.145. The summed E-state index contributed by atoms with van der Waals surface area (Å²) in [5.74, 6) is -1.53. The molecule has 0 unspecified atom stereocenters. The van der Waals surface area contributed by atoms with Crippen LogP contribution in [0.25, 0.3) is 11.1 Å². The van der Waals surface area contributed by atoms with Crippen LogP contribution in [0.4, 0.5) is 10.9 Å². The predicted octanol–water partition coefficient (Wildman–Crippen LogP) is 3.65. The first-order valence-corrected chi connectivity index (χ1v) is 11.1. The number of nitrogens with one attached hydrogen (secondary N) is 1. The Morgan fingerprint density at radius 1 is 1.09 bits per heavy atom. The molecule has 1 amide bonds. The number of amides is 1. The van der Waals surface area contributed by atoms with Crippen LogP contribution in [0, 0.1) is 0 Å². The Hall–Kier alpha value is -3.50. The summed E-state index contributed by atoms with van der Waals surface area (Å²) in [6, 6.07) is 10.7. The van der Waals surface area contributed by atoms with E-state index in [4.69, 9.17) is 21.1 Å². The third kappa shape index (κ3) is 6.27. The fraction of sp³-hybridized carbons (Fsp3) is 0.227. The normalized spacial score (nSPS) is 10.4. The van der Waals surface area contributed by atoms with Gasteiger partial charge in [0.25, 0.3) is 5.91 Å². The lowest BCUT2D eigenvalue weighted by Crippen LogP contribution is -2.30. The third-order valence-corrected chi connectivity index (χ3v) is 5.60. The van der Waals surface area contributed by atoms with E-state index in [2.05, 4.69) is 15.3 Å². The van der Waals surface area contributed by atoms with Gasteiger partial charge in [-0.15, -0.1) is 11.3 Å². The standard InChI is InChI=1S/C22H21ClN4O5S/c1-3-31-21(30)18-17(14-8-5-4-6-9-14)19(23)33-20(18)26-15(28)13-32-16(29)12-27(2)22-24-10-7-11-25-22/h4-11H,3,12-13H2,1-2H3,(H,26,28). The molecule has 3 aromatic rings. The van der Waals surface area contributed by atoms with E-state index in [1.807, 2.05) is 18.2 Å². The first-order chi connectivity index (χ1) is 15.9. The van der Waals surface area contributed by atoms with Gasteiger partial charge in [-0.3, -0.25) is 9.59 Å². The maximum Gasteiger partial charge on any atom is 0.341 e. The van der Waals surface area contributed by atoms with Crippen molar-refractivity contribution in [3.8, 4) is 11.1 Å². The summed E-state index contributed by atoms with van der Waals surface area (Å²) in [6.45, 7) is 1.16. The molecule has 9 nitrogen and oxygen atoms in total. The number of hydrogen-bond acceptors (Lipinski definition) is 9. The third-order valence-electron chi connectivity index (χ3n) is 4.28. The summed E-state index contributed by atoms with van der Waals surface area (Å²) in [4.78, 5) is 46.7. The number of ether oxygens (including phenoxy) is 2. The van der Waals surface area contributed by atoms with Crippen molar-refractivity contribution in [1.82, 2.24) is 9.97 Å². The molecule has 0 aliphatic rings. The minimum atomic E-state index is -0.639. The van der Waals surface area contributed by atoms with Crippen LogP contribution in [0.2, 0.25) is 4.34 Å². The number of halogens is 1. The van der Waals surface area contributed by atoms with E-state index >= 15 is 0 Å². The van der Waals surface area contributed by atoms with E-state index in [0.717, 1.165) is 11.3 Å². The Morgan fingerprint density at radius 3 is 2.45 bits per heavy atom. The molecule has 3 rings (SSSR count). The Morgan fingerprint density at radius 2 is 1.79 bits per heavy atom. The lowest BCUT2D eigenvalue weighted by atomic mass is 10.0. The number of esters is 2. The molecule has 0 saturated carbocycles. The van der Waals surface area contributed by atoms with Gasteiger partial charge in [-0.2, -0.15) is 0 Å². The van der Waals surface area contributed by atoms with Crippen molar-refractivity contribution in [2.45, 2.75) is 6.92 Å². The van der Waals surface area contributed by atoms with Crippen LogP contribution in [-0.4, -0.2) is 54.6 Å². The number of aromatic nitrogens is 2. The number of benzene rings is 1. The quantitative estimate of drug-likeness (QED) is 0.454. The Bertz CT molecular complexity index is 1120. The maximum atomic E-state index is 12.6. The highest BCUT2D eigenvalue weighted by Gasteiger charge is 2.26. The zero-order valence-electron chi connectivity index (χ0n) is 17.9. The molecule has 11 heteroatoms. The van der Waals surface area contributed by atoms with Crippen LogP contribution in [-0.2, 0) is 19.1 Å². The number of carbonyl (C=O) groups excluding carboxylic acids is 3. The first-order valence-electron chi connectivity index (χ1n) is 9.89. The van der Waals surface area contributed by atoms with Crippen molar-refractivity contribution in [3.63, 3.8) is 0 Å². The van der Waals surface area contributed by atoms with Crippen molar-refractivity contribution in [3.05, 3.63) is 58.7 Å². The number of nitrogens with zero attached hydrogens (tertiary/aromatic N) is 3. The van der Waals surface area contributed by atoms with Crippen LogP contribution in [0.1, 0.15) is 17.3 Å². The second kappa shape index (κ2) is 11.4. The first kappa shape index (κ1) is 24.1. The van der Waals surface area contributed by atoms with Crippen molar-refractivity contribution >= 4 is 51.7 Å². The SMILES string of the molecule is CCOC(=O)c1c(NC(=O)COC(=O)CN(C)c2ncccn2)sc(Cl)c1-c1ccccc1. The molecule has 0 fully saturated rings. The van der Waals surface area contributed by atoms with Crippen LogP contribution in [0.3, 0.4) is 0 Å². The number of rotatable bonds is 9. The second-order valence-corrected chi connectivity index (χ2v) is 8.28. The van der Waals surface area contributed by atoms with Crippen molar-refractivity contribution < 1.29 is 23.9 Å². The Kier molecular flexibility index (Phi) is 8.34. The summed E-state index contributed by atoms with van der Waals surface area (Å²) in [7, 11) is 1.63. The largest absolute Gasteiger partial charge is 0.462 e. The molecule has 33 heavy (non-hydrogen) atoms. The van der Waals surface area contributed by atoms with Gasteiger partial charge >= 0.3 is 11.9 Å². The van der Waals surface area contributed by atoms with Gasteiger partial charge in [-0.05, 0) is 18.6 Å². The lowest BCUT2D eigenvalue weighted by Gasteiger charge is -2.15. The van der Waals surface area contributed by atoms with E-state index in [1.54, 1.807) is 44.6 Å². The van der Waals surface area contributed by atoms with E-state index in [-0.39, 0.29) is 23.7 Å². The fourth-order valence-electron chi connectivity index (χ4n) is 2.86. The van der Waals surface area contributed by atoms with Crippen LogP contribution >= 0.6 is 22.9 Å². The Labute approximate surface area is 199 Å². The molecule has 0 saturated heterocycles. The molecule has 1 aromatic carbocycles. The van der Waals surface area contributed by atoms with Gasteiger partial charge in [0.15, 0.2) is 6.61 Å². The minimum Gasteiger partial charge on any atom is -0.462 e. The molecule has 1 N–H and O–H groups in total. The zero-order chi connectivity index (χ0) is 23.8. The van der Waals surface area contributed by atoms with Crippen LogP contribution < -0.4 is 10.2 Å². The second-order valence-electron chi connectivity index (χ2n) is 6.66. The van der Waals surface area contributed by atoms with Crippen molar-refractivity contribution in [2.75, 3.05) is 37.0 Å². The molecular weight excluding hydrogens is 468 g/mol. The zero-order valence-corrected chi connectivity index (χ0v) is 19.5. The number of thiophene rings is 1. The fourth-order valence-corrected chi connectivity index (χ4v) is 4.25. The molecule has 2 heterocycles. The van der Waals surface area contributed by atoms with Crippen molar-refractivity contribution in [1.29, 1.82) is 0 Å². The van der Waals surface area contributed by atoms with Crippen molar-refractivity contribution in [2.24, 2.45) is 0 Å². The molecule has 0 aliphatic heterocycles. The van der Waals surface area contributed by atoms with Gasteiger partial charge in [0.2, 0.25) is 5.95 Å². The van der Waals surface area contributed by atoms with Crippen LogP contribution in [0.5, 0.6) is 0 Å². The average molecular weight is 489 g/mol. The summed E-state index contributed by atoms with van der Waals surface area (Å²) >= 11 is 7.44. The predicted molar refractivity (Wildman–Crippen MR) is 126 cm³/mol. The highest BCUT2D eigenvalue weighted by atomic mass is 35.5. The van der Waals surface area contributed by atoms with Gasteiger partial charge < -0.3 is 19.7 Å². The molecule has 172 valence electrons. The highest BCUT2D eigenvalue weighted by Crippen LogP contribution is 2.43. The number of likely N-dealkylation sites (N-methyl/N-ethyl adjacent to an activating group) is 1. The molecular formula is C22H21ClN4O5S. The number of hydrogen-bond donors (Lipinski definition) is 1. The monoisotopic (exact) mass is 488 g/mol. The molecule has 0 bridgehead atoms. The average Bonchev–Trinajstić information content (AvgIpc) is 3.14. The summed E-state index contributed by atoms with van der Waals surface area (Å²) < 4.78 is 10.5. The summed E-state index contributed by atoms with van der Waals surface area (Å²) in [6.07, 6.45) is 3.10. The Balaban J connectivity index is 1.69. The van der Waals surface area contributed by atoms with Gasteiger partial charge in [0.1, 0.15) is 21.4 Å². The molecule has 2 aromatic heterocycles. The molecule has 0 aliphatic carbocycles. The van der Waals surface area contributed by atoms with E-state index in [9.17, 15) is 14.4 Å². The smallest absolute Gasteiger partial charge is 0.341 e. The highest BCUT2D eigenvalue weighted by molar-refractivity contribution is 7.21. The van der Waals surface area contributed by atoms with E-state index in [0.29, 0.717) is 21.4 Å². The minimum absolute atomic E-state index is 0.144. The number of carbonyl (C=O) groups is 3. The van der Waals surface area contributed by atoms with Gasteiger partial charge in [0.05, 0.1) is 6.61 Å². The topological polar surface area (TPSA) is 111 Å². The van der Waals surface area contributed by atoms with Gasteiger partial charge in [0, 0.05) is 25.0 Å². The maximum absolute atomic E-state index is 12.6. The summed E-state index contributed by atoms with van der Waals surface area (Å²) in [5.41, 5.74) is 1.33. The molecule has 0 spiro atoms. The van der Waals surface area contributed by atoms with Crippen LogP contribution in [0.15, 0.2) is 48.8 Å². The number of anilines is 2.